The summed E-state index contributed by atoms with van der Waals surface area (Å²) in [5.74, 6) is 0.961. The molecular formula is C18H28N2O. The Morgan fingerprint density at radius 1 is 1.33 bits per heavy atom. The molecule has 0 aromatic heterocycles. The van der Waals surface area contributed by atoms with Gasteiger partial charge in [-0.2, -0.15) is 5.26 Å². The summed E-state index contributed by atoms with van der Waals surface area (Å²) < 4.78 is 5.41. The van der Waals surface area contributed by atoms with Gasteiger partial charge in [-0.1, -0.05) is 18.2 Å². The second kappa shape index (κ2) is 8.05. The van der Waals surface area contributed by atoms with Crippen molar-refractivity contribution in [2.24, 2.45) is 5.41 Å². The molecule has 0 saturated heterocycles. The minimum Gasteiger partial charge on any atom is -0.496 e. The van der Waals surface area contributed by atoms with E-state index in [0.29, 0.717) is 6.04 Å². The van der Waals surface area contributed by atoms with Gasteiger partial charge in [0.15, 0.2) is 0 Å². The Labute approximate surface area is 129 Å². The van der Waals surface area contributed by atoms with Crippen molar-refractivity contribution in [3.63, 3.8) is 0 Å². The molecule has 116 valence electrons. The highest BCUT2D eigenvalue weighted by Gasteiger charge is 2.17. The molecule has 1 atom stereocenters. The third kappa shape index (κ3) is 5.77. The fourth-order valence-electron chi connectivity index (χ4n) is 2.39. The van der Waals surface area contributed by atoms with Crippen molar-refractivity contribution < 1.29 is 4.74 Å². The molecule has 1 aromatic carbocycles. The Bertz CT molecular complexity index is 476. The highest BCUT2D eigenvalue weighted by Crippen LogP contribution is 2.22. The molecule has 0 aliphatic rings. The summed E-state index contributed by atoms with van der Waals surface area (Å²) >= 11 is 0. The van der Waals surface area contributed by atoms with E-state index in [-0.39, 0.29) is 5.41 Å². The van der Waals surface area contributed by atoms with Crippen LogP contribution in [0.4, 0.5) is 0 Å². The third-order valence-corrected chi connectivity index (χ3v) is 4.08. The molecule has 0 aliphatic heterocycles. The van der Waals surface area contributed by atoms with Crippen molar-refractivity contribution >= 4 is 0 Å². The second-order valence-electron chi connectivity index (χ2n) is 6.44. The summed E-state index contributed by atoms with van der Waals surface area (Å²) in [4.78, 5) is 2.36. The Morgan fingerprint density at radius 3 is 2.62 bits per heavy atom. The van der Waals surface area contributed by atoms with Crippen LogP contribution in [0.3, 0.4) is 0 Å². The SMILES string of the molecule is COc1ccccc1CC(C)N(C)CCCC(C)(C)C#N. The van der Waals surface area contributed by atoms with Crippen molar-refractivity contribution in [2.75, 3.05) is 20.7 Å². The zero-order chi connectivity index (χ0) is 15.9. The number of likely N-dealkylation sites (N-methyl/N-ethyl adjacent to an activating group) is 1. The van der Waals surface area contributed by atoms with Crippen molar-refractivity contribution in [3.05, 3.63) is 29.8 Å². The molecule has 3 nitrogen and oxygen atoms in total. The second-order valence-corrected chi connectivity index (χ2v) is 6.44. The number of rotatable bonds is 8. The van der Waals surface area contributed by atoms with Crippen molar-refractivity contribution in [1.29, 1.82) is 5.26 Å². The van der Waals surface area contributed by atoms with Crippen LogP contribution in [0.1, 0.15) is 39.2 Å². The maximum absolute atomic E-state index is 9.04. The molecule has 0 amide bonds. The largest absolute Gasteiger partial charge is 0.496 e. The highest BCUT2D eigenvalue weighted by atomic mass is 16.5. The lowest BCUT2D eigenvalue weighted by Gasteiger charge is -2.26. The topological polar surface area (TPSA) is 36.3 Å². The van der Waals surface area contributed by atoms with Crippen LogP contribution in [0.15, 0.2) is 24.3 Å². The summed E-state index contributed by atoms with van der Waals surface area (Å²) in [6, 6.07) is 11.0. The molecule has 1 unspecified atom stereocenters. The van der Waals surface area contributed by atoms with E-state index in [1.807, 2.05) is 26.0 Å². The van der Waals surface area contributed by atoms with Gasteiger partial charge in [-0.15, -0.1) is 0 Å². The van der Waals surface area contributed by atoms with E-state index < -0.39 is 0 Å². The van der Waals surface area contributed by atoms with Gasteiger partial charge in [0.05, 0.1) is 18.6 Å². The normalized spacial score (nSPS) is 13.0. The Balaban J connectivity index is 2.48. The summed E-state index contributed by atoms with van der Waals surface area (Å²) in [5.41, 5.74) is 1.03. The summed E-state index contributed by atoms with van der Waals surface area (Å²) in [5, 5.41) is 9.04. The van der Waals surface area contributed by atoms with Gasteiger partial charge in [-0.25, -0.2) is 0 Å². The lowest BCUT2D eigenvalue weighted by Crippen LogP contribution is -2.32. The van der Waals surface area contributed by atoms with Crippen molar-refractivity contribution in [3.8, 4) is 11.8 Å². The molecule has 3 heteroatoms. The average molecular weight is 288 g/mol. The van der Waals surface area contributed by atoms with Gasteiger partial charge in [0.1, 0.15) is 5.75 Å². The Hall–Kier alpha value is -1.53. The van der Waals surface area contributed by atoms with Crippen LogP contribution in [0.25, 0.3) is 0 Å². The van der Waals surface area contributed by atoms with E-state index in [2.05, 4.69) is 37.1 Å². The smallest absolute Gasteiger partial charge is 0.122 e. The van der Waals surface area contributed by atoms with Crippen molar-refractivity contribution in [2.45, 2.75) is 46.1 Å². The van der Waals surface area contributed by atoms with Gasteiger partial charge >= 0.3 is 0 Å². The van der Waals surface area contributed by atoms with Crippen LogP contribution in [0.5, 0.6) is 5.75 Å². The van der Waals surface area contributed by atoms with Gasteiger partial charge in [-0.05, 0) is 65.3 Å². The number of methoxy groups -OCH3 is 1. The number of para-hydroxylation sites is 1. The summed E-state index contributed by atoms with van der Waals surface area (Å²) in [6.07, 6.45) is 2.96. The molecule has 0 spiro atoms. The molecule has 0 bridgehead atoms. The maximum Gasteiger partial charge on any atom is 0.122 e. The molecule has 0 heterocycles. The Morgan fingerprint density at radius 2 is 2.00 bits per heavy atom. The van der Waals surface area contributed by atoms with Crippen LogP contribution >= 0.6 is 0 Å². The molecular weight excluding hydrogens is 260 g/mol. The van der Waals surface area contributed by atoms with E-state index in [9.17, 15) is 0 Å². The van der Waals surface area contributed by atoms with E-state index in [1.165, 1.54) is 5.56 Å². The van der Waals surface area contributed by atoms with E-state index >= 15 is 0 Å². The average Bonchev–Trinajstić information content (AvgIpc) is 2.47. The van der Waals surface area contributed by atoms with Gasteiger partial charge in [0, 0.05) is 6.04 Å². The van der Waals surface area contributed by atoms with Crippen LogP contribution in [0, 0.1) is 16.7 Å². The fourth-order valence-corrected chi connectivity index (χ4v) is 2.39. The van der Waals surface area contributed by atoms with Gasteiger partial charge in [0.25, 0.3) is 0 Å². The lowest BCUT2D eigenvalue weighted by atomic mass is 9.89. The van der Waals surface area contributed by atoms with Crippen LogP contribution in [-0.4, -0.2) is 31.6 Å². The Kier molecular flexibility index (Phi) is 6.71. The first-order valence-electron chi connectivity index (χ1n) is 7.63. The maximum atomic E-state index is 9.04. The molecule has 21 heavy (non-hydrogen) atoms. The molecule has 0 aliphatic carbocycles. The molecule has 0 radical (unpaired) electrons. The number of hydrogen-bond acceptors (Lipinski definition) is 3. The lowest BCUT2D eigenvalue weighted by molar-refractivity contribution is 0.239. The molecule has 1 aromatic rings. The predicted octanol–water partition coefficient (Wildman–Crippen LogP) is 3.89. The first kappa shape index (κ1) is 17.5. The quantitative estimate of drug-likeness (QED) is 0.728. The summed E-state index contributed by atoms with van der Waals surface area (Å²) in [7, 11) is 3.87. The monoisotopic (exact) mass is 288 g/mol. The van der Waals surface area contributed by atoms with Crippen LogP contribution in [-0.2, 0) is 6.42 Å². The van der Waals surface area contributed by atoms with Crippen LogP contribution < -0.4 is 4.74 Å². The first-order valence-corrected chi connectivity index (χ1v) is 7.63. The predicted molar refractivity (Wildman–Crippen MR) is 87.4 cm³/mol. The van der Waals surface area contributed by atoms with E-state index in [0.717, 1.165) is 31.6 Å². The van der Waals surface area contributed by atoms with E-state index in [4.69, 9.17) is 10.00 Å². The van der Waals surface area contributed by atoms with Crippen molar-refractivity contribution in [1.82, 2.24) is 4.90 Å². The van der Waals surface area contributed by atoms with Gasteiger partial charge in [-0.3, -0.25) is 0 Å². The fraction of sp³-hybridized carbons (Fsp3) is 0.611. The number of ether oxygens (including phenoxy) is 1. The zero-order valence-corrected chi connectivity index (χ0v) is 14.0. The third-order valence-electron chi connectivity index (χ3n) is 4.08. The minimum absolute atomic E-state index is 0.216. The zero-order valence-electron chi connectivity index (χ0n) is 14.0. The molecule has 0 saturated carbocycles. The highest BCUT2D eigenvalue weighted by molar-refractivity contribution is 5.33. The number of nitriles is 1. The summed E-state index contributed by atoms with van der Waals surface area (Å²) in [6.45, 7) is 7.26. The van der Waals surface area contributed by atoms with Gasteiger partial charge < -0.3 is 9.64 Å². The molecule has 0 N–H and O–H groups in total. The molecule has 0 fully saturated rings. The van der Waals surface area contributed by atoms with Gasteiger partial charge in [0.2, 0.25) is 0 Å². The number of benzene rings is 1. The van der Waals surface area contributed by atoms with Crippen LogP contribution in [0.2, 0.25) is 0 Å². The molecule has 1 rings (SSSR count). The minimum atomic E-state index is -0.216. The standard InChI is InChI=1S/C18H28N2O/c1-15(13-16-9-6-7-10-17(16)21-5)20(4)12-8-11-18(2,3)14-19/h6-7,9-10,15H,8,11-13H2,1-5H3. The number of hydrogen-bond donors (Lipinski definition) is 0. The first-order chi connectivity index (χ1) is 9.89. The number of nitrogens with zero attached hydrogens (tertiary/aromatic N) is 2. The van der Waals surface area contributed by atoms with E-state index in [1.54, 1.807) is 7.11 Å².